The second kappa shape index (κ2) is 10.8. The number of aromatic nitrogens is 1. The van der Waals surface area contributed by atoms with Crippen LogP contribution in [0.15, 0.2) is 5.38 Å². The Labute approximate surface area is 152 Å². The molecule has 1 aliphatic heterocycles. The van der Waals surface area contributed by atoms with Crippen molar-refractivity contribution in [2.24, 2.45) is 5.73 Å². The van der Waals surface area contributed by atoms with Crippen LogP contribution in [0.25, 0.3) is 0 Å². The lowest BCUT2D eigenvalue weighted by Crippen LogP contribution is -2.47. The molecule has 0 aliphatic carbocycles. The number of carbonyl (C=O) groups excluding carboxylic acids is 2. The Morgan fingerprint density at radius 2 is 1.96 bits per heavy atom. The van der Waals surface area contributed by atoms with E-state index in [2.05, 4.69) is 15.2 Å². The number of hydrogen-bond donors (Lipinski definition) is 2. The second-order valence-electron chi connectivity index (χ2n) is 5.02. The van der Waals surface area contributed by atoms with Crippen LogP contribution in [-0.4, -0.2) is 66.4 Å². The van der Waals surface area contributed by atoms with Crippen molar-refractivity contribution in [3.63, 3.8) is 0 Å². The molecule has 0 unspecified atom stereocenters. The van der Waals surface area contributed by atoms with E-state index < -0.39 is 0 Å². The van der Waals surface area contributed by atoms with E-state index in [-0.39, 0.29) is 36.6 Å². The summed E-state index contributed by atoms with van der Waals surface area (Å²) in [6.45, 7) is 3.99. The summed E-state index contributed by atoms with van der Waals surface area (Å²) >= 11 is 1.36. The van der Waals surface area contributed by atoms with Crippen LogP contribution < -0.4 is 11.1 Å². The molecule has 10 heteroatoms. The van der Waals surface area contributed by atoms with Crippen LogP contribution in [0.3, 0.4) is 0 Å². The summed E-state index contributed by atoms with van der Waals surface area (Å²) in [5.74, 6) is -0.165. The molecule has 2 amide bonds. The fraction of sp³-hybridized carbons (Fsp3) is 0.615. The SMILES string of the molecule is CN1CCN(C(=O)CCNC(=O)c2csc(CN)n2)CC1.Cl.Cl. The zero-order chi connectivity index (χ0) is 15.2. The average molecular weight is 384 g/mol. The molecule has 1 aliphatic rings. The van der Waals surface area contributed by atoms with Crippen molar-refractivity contribution in [2.75, 3.05) is 39.8 Å². The predicted octanol–water partition coefficient (Wildman–Crippen LogP) is 0.339. The number of amides is 2. The fourth-order valence-corrected chi connectivity index (χ4v) is 2.75. The number of piperazine rings is 1. The van der Waals surface area contributed by atoms with Crippen molar-refractivity contribution < 1.29 is 9.59 Å². The summed E-state index contributed by atoms with van der Waals surface area (Å²) in [5.41, 5.74) is 5.83. The Balaban J connectivity index is 0.00000242. The van der Waals surface area contributed by atoms with Crippen LogP contribution in [0, 0.1) is 0 Å². The number of halogens is 2. The molecular weight excluding hydrogens is 361 g/mol. The van der Waals surface area contributed by atoms with Gasteiger partial charge in [-0.05, 0) is 7.05 Å². The molecule has 0 saturated carbocycles. The Morgan fingerprint density at radius 3 is 2.52 bits per heavy atom. The van der Waals surface area contributed by atoms with Crippen molar-refractivity contribution in [1.29, 1.82) is 0 Å². The fourth-order valence-electron chi connectivity index (χ4n) is 2.10. The molecule has 1 fully saturated rings. The molecule has 0 bridgehead atoms. The van der Waals surface area contributed by atoms with E-state index in [0.29, 0.717) is 25.2 Å². The van der Waals surface area contributed by atoms with Gasteiger partial charge in [-0.3, -0.25) is 9.59 Å². The summed E-state index contributed by atoms with van der Waals surface area (Å²) < 4.78 is 0. The Kier molecular flexibility index (Phi) is 10.3. The van der Waals surface area contributed by atoms with Gasteiger partial charge in [0.2, 0.25) is 5.91 Å². The maximum Gasteiger partial charge on any atom is 0.270 e. The number of thiazole rings is 1. The minimum Gasteiger partial charge on any atom is -0.350 e. The molecular formula is C13H23Cl2N5O2S. The first-order chi connectivity index (χ1) is 10.1. The summed E-state index contributed by atoms with van der Waals surface area (Å²) in [6, 6.07) is 0. The highest BCUT2D eigenvalue weighted by atomic mass is 35.5. The monoisotopic (exact) mass is 383 g/mol. The smallest absolute Gasteiger partial charge is 0.270 e. The summed E-state index contributed by atoms with van der Waals surface area (Å²) in [6.07, 6.45) is 0.323. The van der Waals surface area contributed by atoms with Crippen molar-refractivity contribution in [3.8, 4) is 0 Å². The highest BCUT2D eigenvalue weighted by Gasteiger charge is 2.19. The number of nitrogens with one attached hydrogen (secondary N) is 1. The number of nitrogens with two attached hydrogens (primary N) is 1. The number of nitrogens with zero attached hydrogens (tertiary/aromatic N) is 3. The zero-order valence-corrected chi connectivity index (χ0v) is 15.4. The topological polar surface area (TPSA) is 91.6 Å². The molecule has 1 saturated heterocycles. The third kappa shape index (κ3) is 6.60. The van der Waals surface area contributed by atoms with E-state index in [1.807, 2.05) is 11.9 Å². The van der Waals surface area contributed by atoms with Crippen LogP contribution in [-0.2, 0) is 11.3 Å². The third-order valence-electron chi connectivity index (χ3n) is 3.44. The van der Waals surface area contributed by atoms with Crippen molar-refractivity contribution in [2.45, 2.75) is 13.0 Å². The lowest BCUT2D eigenvalue weighted by Gasteiger charge is -2.32. The molecule has 2 rings (SSSR count). The van der Waals surface area contributed by atoms with E-state index in [4.69, 9.17) is 5.73 Å². The summed E-state index contributed by atoms with van der Waals surface area (Å²) in [7, 11) is 2.05. The summed E-state index contributed by atoms with van der Waals surface area (Å²) in [4.78, 5) is 32.0. The highest BCUT2D eigenvalue weighted by Crippen LogP contribution is 2.08. The molecule has 132 valence electrons. The van der Waals surface area contributed by atoms with E-state index in [1.54, 1.807) is 5.38 Å². The number of carbonyl (C=O) groups is 2. The van der Waals surface area contributed by atoms with Gasteiger partial charge in [0.25, 0.3) is 5.91 Å². The van der Waals surface area contributed by atoms with Gasteiger partial charge in [0.05, 0.1) is 0 Å². The quantitative estimate of drug-likeness (QED) is 0.764. The minimum atomic E-state index is -0.253. The highest BCUT2D eigenvalue weighted by molar-refractivity contribution is 7.09. The van der Waals surface area contributed by atoms with Gasteiger partial charge in [0, 0.05) is 51.1 Å². The van der Waals surface area contributed by atoms with Crippen LogP contribution in [0.1, 0.15) is 21.9 Å². The van der Waals surface area contributed by atoms with Gasteiger partial charge >= 0.3 is 0 Å². The van der Waals surface area contributed by atoms with Gasteiger partial charge in [0.1, 0.15) is 10.7 Å². The zero-order valence-electron chi connectivity index (χ0n) is 13.0. The minimum absolute atomic E-state index is 0. The maximum absolute atomic E-state index is 12.0. The van der Waals surface area contributed by atoms with Gasteiger partial charge in [-0.2, -0.15) is 0 Å². The first kappa shape index (κ1) is 22.1. The van der Waals surface area contributed by atoms with Crippen LogP contribution in [0.2, 0.25) is 0 Å². The first-order valence-electron chi connectivity index (χ1n) is 6.99. The number of hydrogen-bond acceptors (Lipinski definition) is 6. The lowest BCUT2D eigenvalue weighted by molar-refractivity contribution is -0.132. The molecule has 1 aromatic heterocycles. The molecule has 1 aromatic rings. The van der Waals surface area contributed by atoms with Crippen LogP contribution >= 0.6 is 36.2 Å². The molecule has 0 atom stereocenters. The largest absolute Gasteiger partial charge is 0.350 e. The molecule has 0 spiro atoms. The molecule has 23 heavy (non-hydrogen) atoms. The predicted molar refractivity (Wildman–Crippen MR) is 95.5 cm³/mol. The van der Waals surface area contributed by atoms with Crippen molar-refractivity contribution in [3.05, 3.63) is 16.1 Å². The Hall–Kier alpha value is -0.930. The normalized spacial score (nSPS) is 14.6. The van der Waals surface area contributed by atoms with E-state index >= 15 is 0 Å². The lowest BCUT2D eigenvalue weighted by atomic mass is 10.3. The van der Waals surface area contributed by atoms with Crippen LogP contribution in [0.5, 0.6) is 0 Å². The molecule has 2 heterocycles. The first-order valence-corrected chi connectivity index (χ1v) is 7.87. The van der Waals surface area contributed by atoms with Gasteiger partial charge in [0.15, 0.2) is 0 Å². The van der Waals surface area contributed by atoms with E-state index in [1.165, 1.54) is 11.3 Å². The molecule has 0 radical (unpaired) electrons. The average Bonchev–Trinajstić information content (AvgIpc) is 2.96. The van der Waals surface area contributed by atoms with E-state index in [0.717, 1.165) is 31.2 Å². The van der Waals surface area contributed by atoms with Gasteiger partial charge < -0.3 is 20.9 Å². The van der Waals surface area contributed by atoms with Gasteiger partial charge in [-0.1, -0.05) is 0 Å². The van der Waals surface area contributed by atoms with Crippen molar-refractivity contribution >= 4 is 48.0 Å². The molecule has 0 aromatic carbocycles. The maximum atomic E-state index is 12.0. The Morgan fingerprint density at radius 1 is 1.30 bits per heavy atom. The molecule has 7 nitrogen and oxygen atoms in total. The van der Waals surface area contributed by atoms with Crippen LogP contribution in [0.4, 0.5) is 0 Å². The summed E-state index contributed by atoms with van der Waals surface area (Å²) in [5, 5.41) is 5.13. The van der Waals surface area contributed by atoms with E-state index in [9.17, 15) is 9.59 Å². The number of rotatable bonds is 5. The standard InChI is InChI=1S/C13H21N5O2S.2ClH/c1-17-4-6-18(7-5-17)12(19)2-3-15-13(20)10-9-21-11(8-14)16-10;;/h9H,2-8,14H2,1H3,(H,15,20);2*1H. The van der Waals surface area contributed by atoms with Gasteiger partial charge in [-0.25, -0.2) is 4.98 Å². The van der Waals surface area contributed by atoms with Crippen molar-refractivity contribution in [1.82, 2.24) is 20.1 Å². The number of likely N-dealkylation sites (N-methyl/N-ethyl adjacent to an activating group) is 1. The third-order valence-corrected chi connectivity index (χ3v) is 4.31. The molecule has 3 N–H and O–H groups in total. The second-order valence-corrected chi connectivity index (χ2v) is 5.96. The Bertz CT molecular complexity index is 506. The van der Waals surface area contributed by atoms with Gasteiger partial charge in [-0.15, -0.1) is 36.2 Å².